The van der Waals surface area contributed by atoms with Gasteiger partial charge >= 0.3 is 5.97 Å². The van der Waals surface area contributed by atoms with Crippen LogP contribution in [0, 0.1) is 0 Å². The number of hydrogen-bond acceptors (Lipinski definition) is 7. The zero-order chi connectivity index (χ0) is 22.7. The van der Waals surface area contributed by atoms with E-state index in [1.165, 1.54) is 24.3 Å². The molecule has 1 saturated heterocycles. The zero-order valence-corrected chi connectivity index (χ0v) is 19.1. The van der Waals surface area contributed by atoms with Crippen LogP contribution in [-0.4, -0.2) is 29.1 Å². The number of benzene rings is 2. The van der Waals surface area contributed by atoms with Crippen LogP contribution in [0.4, 0.5) is 4.79 Å². The number of hydrogen-bond donors (Lipinski definition) is 0. The van der Waals surface area contributed by atoms with Crippen LogP contribution in [0.5, 0.6) is 11.5 Å². The van der Waals surface area contributed by atoms with E-state index in [4.69, 9.17) is 13.9 Å². The minimum Gasteiger partial charge on any atom is -0.493 e. The van der Waals surface area contributed by atoms with E-state index in [-0.39, 0.29) is 29.2 Å². The highest BCUT2D eigenvalue weighted by atomic mass is 79.9. The van der Waals surface area contributed by atoms with Crippen molar-refractivity contribution >= 4 is 50.9 Å². The van der Waals surface area contributed by atoms with Crippen molar-refractivity contribution in [3.8, 4) is 11.5 Å². The molecule has 0 bridgehead atoms. The lowest BCUT2D eigenvalue weighted by Crippen LogP contribution is -2.27. The first kappa shape index (κ1) is 21.9. The third-order valence-corrected chi connectivity index (χ3v) is 6.25. The Kier molecular flexibility index (Phi) is 6.48. The average Bonchev–Trinajstić information content (AvgIpc) is 3.41. The second-order valence-corrected chi connectivity index (χ2v) is 8.48. The summed E-state index contributed by atoms with van der Waals surface area (Å²) in [4.78, 5) is 38.9. The molecular formula is C23H16BrNO6S. The molecular weight excluding hydrogens is 498 g/mol. The Labute approximate surface area is 196 Å². The second kappa shape index (κ2) is 9.46. The minimum atomic E-state index is -0.658. The van der Waals surface area contributed by atoms with Crippen LogP contribution in [-0.2, 0) is 11.3 Å². The van der Waals surface area contributed by atoms with E-state index in [0.717, 1.165) is 21.8 Å². The summed E-state index contributed by atoms with van der Waals surface area (Å²) in [5.74, 6) is -0.466. The maximum Gasteiger partial charge on any atom is 0.379 e. The van der Waals surface area contributed by atoms with E-state index in [0.29, 0.717) is 16.2 Å². The molecule has 2 aromatic carbocycles. The Morgan fingerprint density at radius 1 is 1.12 bits per heavy atom. The van der Waals surface area contributed by atoms with Gasteiger partial charge in [-0.25, -0.2) is 4.79 Å². The predicted molar refractivity (Wildman–Crippen MR) is 122 cm³/mol. The van der Waals surface area contributed by atoms with E-state index in [1.54, 1.807) is 30.3 Å². The van der Waals surface area contributed by atoms with Crippen LogP contribution in [0.15, 0.2) is 74.7 Å². The van der Waals surface area contributed by atoms with Gasteiger partial charge in [-0.3, -0.25) is 14.5 Å². The minimum absolute atomic E-state index is 0.0647. The van der Waals surface area contributed by atoms with Crippen molar-refractivity contribution in [2.75, 3.05) is 7.11 Å². The molecule has 1 aromatic heterocycles. The molecule has 0 atom stereocenters. The largest absolute Gasteiger partial charge is 0.493 e. The Hall–Kier alpha value is -3.30. The number of amides is 2. The molecule has 0 saturated carbocycles. The van der Waals surface area contributed by atoms with Gasteiger partial charge in [-0.15, -0.1) is 0 Å². The normalized spacial score (nSPS) is 14.8. The molecule has 9 heteroatoms. The summed E-state index contributed by atoms with van der Waals surface area (Å²) < 4.78 is 16.5. The molecule has 7 nitrogen and oxygen atoms in total. The Morgan fingerprint density at radius 3 is 2.66 bits per heavy atom. The third-order valence-electron chi connectivity index (χ3n) is 4.57. The molecule has 1 fully saturated rings. The molecule has 3 aromatic rings. The van der Waals surface area contributed by atoms with Gasteiger partial charge in [-0.1, -0.05) is 40.2 Å². The molecule has 1 aliphatic rings. The van der Waals surface area contributed by atoms with Crippen molar-refractivity contribution < 1.29 is 28.3 Å². The van der Waals surface area contributed by atoms with E-state index < -0.39 is 5.97 Å². The number of imide groups is 1. The van der Waals surface area contributed by atoms with Gasteiger partial charge in [0.05, 0.1) is 24.8 Å². The maximum atomic E-state index is 12.8. The summed E-state index contributed by atoms with van der Waals surface area (Å²) in [5.41, 5.74) is 1.45. The van der Waals surface area contributed by atoms with Gasteiger partial charge in [0.2, 0.25) is 5.76 Å². The summed E-state index contributed by atoms with van der Waals surface area (Å²) >= 11 is 4.31. The number of methoxy groups -OCH3 is 1. The molecule has 32 heavy (non-hydrogen) atoms. The topological polar surface area (TPSA) is 86.0 Å². The summed E-state index contributed by atoms with van der Waals surface area (Å²) in [6.07, 6.45) is 2.98. The van der Waals surface area contributed by atoms with Gasteiger partial charge in [-0.05, 0) is 59.3 Å². The molecule has 0 aliphatic carbocycles. The lowest BCUT2D eigenvalue weighted by molar-refractivity contribution is -0.123. The van der Waals surface area contributed by atoms with Crippen LogP contribution in [0.1, 0.15) is 21.7 Å². The molecule has 2 amide bonds. The molecule has 1 aliphatic heterocycles. The molecule has 0 N–H and O–H groups in total. The number of carbonyl (C=O) groups excluding carboxylic acids is 3. The van der Waals surface area contributed by atoms with Crippen LogP contribution in [0.25, 0.3) is 6.08 Å². The molecule has 0 spiro atoms. The zero-order valence-electron chi connectivity index (χ0n) is 16.7. The summed E-state index contributed by atoms with van der Waals surface area (Å²) in [7, 11) is 1.44. The van der Waals surface area contributed by atoms with Crippen LogP contribution in [0.2, 0.25) is 0 Å². The fraction of sp³-hybridized carbons (Fsp3) is 0.0870. The molecule has 162 valence electrons. The van der Waals surface area contributed by atoms with Crippen molar-refractivity contribution in [3.63, 3.8) is 0 Å². The first-order valence-corrected chi connectivity index (χ1v) is 11.0. The monoisotopic (exact) mass is 513 g/mol. The van der Waals surface area contributed by atoms with E-state index >= 15 is 0 Å². The number of rotatable bonds is 6. The first-order chi connectivity index (χ1) is 15.5. The lowest BCUT2D eigenvalue weighted by Gasteiger charge is -2.13. The van der Waals surface area contributed by atoms with Gasteiger partial charge in [0.25, 0.3) is 11.1 Å². The second-order valence-electron chi connectivity index (χ2n) is 6.64. The SMILES string of the molecule is COc1cc(/C=C2\SC(=O)N(Cc3ccccc3Br)C2=O)ccc1OC(=O)c1ccco1. The van der Waals surface area contributed by atoms with Gasteiger partial charge < -0.3 is 13.9 Å². The third kappa shape index (κ3) is 4.63. The first-order valence-electron chi connectivity index (χ1n) is 9.39. The number of esters is 1. The number of thioether (sulfide) groups is 1. The number of carbonyl (C=O) groups is 3. The Bertz CT molecular complexity index is 1220. The molecule has 2 heterocycles. The quantitative estimate of drug-likeness (QED) is 0.244. The summed E-state index contributed by atoms with van der Waals surface area (Å²) in [6.45, 7) is 0.175. The van der Waals surface area contributed by atoms with Crippen molar-refractivity contribution in [1.29, 1.82) is 0 Å². The van der Waals surface area contributed by atoms with E-state index in [1.807, 2.05) is 24.3 Å². The van der Waals surface area contributed by atoms with Crippen LogP contribution in [0.3, 0.4) is 0 Å². The van der Waals surface area contributed by atoms with E-state index in [9.17, 15) is 14.4 Å². The number of furan rings is 1. The number of ether oxygens (including phenoxy) is 2. The molecule has 0 unspecified atom stereocenters. The van der Waals surface area contributed by atoms with Gasteiger partial charge in [0.1, 0.15) is 0 Å². The number of nitrogens with zero attached hydrogens (tertiary/aromatic N) is 1. The van der Waals surface area contributed by atoms with Gasteiger partial charge in [0.15, 0.2) is 11.5 Å². The number of halogens is 1. The highest BCUT2D eigenvalue weighted by molar-refractivity contribution is 9.10. The van der Waals surface area contributed by atoms with Crippen molar-refractivity contribution in [1.82, 2.24) is 4.90 Å². The summed E-state index contributed by atoms with van der Waals surface area (Å²) in [6, 6.07) is 15.3. The predicted octanol–water partition coefficient (Wildman–Crippen LogP) is 5.51. The van der Waals surface area contributed by atoms with Gasteiger partial charge in [-0.2, -0.15) is 0 Å². The average molecular weight is 514 g/mol. The van der Waals surface area contributed by atoms with Gasteiger partial charge in [0, 0.05) is 4.47 Å². The van der Waals surface area contributed by atoms with Crippen molar-refractivity contribution in [2.45, 2.75) is 6.54 Å². The van der Waals surface area contributed by atoms with Crippen molar-refractivity contribution in [2.24, 2.45) is 0 Å². The van der Waals surface area contributed by atoms with Crippen molar-refractivity contribution in [3.05, 3.63) is 87.1 Å². The molecule has 0 radical (unpaired) electrons. The van der Waals surface area contributed by atoms with E-state index in [2.05, 4.69) is 15.9 Å². The van der Waals surface area contributed by atoms with Crippen LogP contribution >= 0.6 is 27.7 Å². The smallest absolute Gasteiger partial charge is 0.379 e. The fourth-order valence-corrected chi connectivity index (χ4v) is 4.24. The van der Waals surface area contributed by atoms with Crippen LogP contribution < -0.4 is 9.47 Å². The lowest BCUT2D eigenvalue weighted by atomic mass is 10.1. The standard InChI is InChI=1S/C23H16BrNO6S/c1-29-19-11-14(8-9-17(19)31-22(27)18-7-4-10-30-18)12-20-21(26)25(23(28)32-20)13-15-5-2-3-6-16(15)24/h2-12H,13H2,1H3/b20-12-. The highest BCUT2D eigenvalue weighted by Gasteiger charge is 2.35. The maximum absolute atomic E-state index is 12.8. The summed E-state index contributed by atoms with van der Waals surface area (Å²) in [5, 5.41) is -0.340. The Morgan fingerprint density at radius 2 is 1.94 bits per heavy atom. The fourth-order valence-electron chi connectivity index (χ4n) is 2.99. The Balaban J connectivity index is 1.53. The highest BCUT2D eigenvalue weighted by Crippen LogP contribution is 2.36. The molecule has 4 rings (SSSR count).